The number of alkyl carbamates (subject to hydrolysis) is 1. The molecule has 0 bridgehead atoms. The first kappa shape index (κ1) is 27.4. The summed E-state index contributed by atoms with van der Waals surface area (Å²) in [5.41, 5.74) is 0.887. The molecule has 3 N–H and O–H groups in total. The summed E-state index contributed by atoms with van der Waals surface area (Å²) < 4.78 is 5.22. The van der Waals surface area contributed by atoms with Gasteiger partial charge in [0.15, 0.2) is 0 Å². The zero-order valence-electron chi connectivity index (χ0n) is 20.2. The highest BCUT2D eigenvalue weighted by atomic mass is 16.6. The van der Waals surface area contributed by atoms with Crippen LogP contribution in [0.2, 0.25) is 0 Å². The van der Waals surface area contributed by atoms with Crippen molar-refractivity contribution < 1.29 is 24.2 Å². The number of amides is 3. The highest BCUT2D eigenvalue weighted by molar-refractivity contribution is 5.92. The first-order chi connectivity index (χ1) is 15.0. The minimum absolute atomic E-state index is 0.283. The van der Waals surface area contributed by atoms with Crippen molar-refractivity contribution in [1.82, 2.24) is 15.5 Å². The summed E-state index contributed by atoms with van der Waals surface area (Å²) in [6.07, 6.45) is 1.55. The molecule has 0 spiro atoms. The maximum absolute atomic E-state index is 13.4. The fourth-order valence-corrected chi connectivity index (χ4v) is 3.24. The number of aliphatic hydroxyl groups is 1. The Morgan fingerprint density at radius 3 is 2.38 bits per heavy atom. The zero-order valence-corrected chi connectivity index (χ0v) is 20.2. The number of benzene rings is 1. The molecule has 180 valence electrons. The molecule has 1 aromatic rings. The number of unbranched alkanes of at least 4 members (excludes halogenated alkanes) is 1. The summed E-state index contributed by atoms with van der Waals surface area (Å²) in [5.74, 6) is -0.836. The molecule has 2 unspecified atom stereocenters. The van der Waals surface area contributed by atoms with Gasteiger partial charge in [-0.1, -0.05) is 50.1 Å². The molecule has 1 rings (SSSR count). The van der Waals surface area contributed by atoms with E-state index in [1.807, 2.05) is 45.0 Å². The van der Waals surface area contributed by atoms with Crippen LogP contribution in [0.3, 0.4) is 0 Å². The van der Waals surface area contributed by atoms with E-state index in [1.54, 1.807) is 20.8 Å². The van der Waals surface area contributed by atoms with Crippen LogP contribution in [0.15, 0.2) is 24.3 Å². The lowest BCUT2D eigenvalue weighted by molar-refractivity contribution is -0.143. The van der Waals surface area contributed by atoms with Crippen molar-refractivity contribution in [2.24, 2.45) is 0 Å². The average Bonchev–Trinajstić information content (AvgIpc) is 2.70. The van der Waals surface area contributed by atoms with Gasteiger partial charge in [-0.2, -0.15) is 0 Å². The fourth-order valence-electron chi connectivity index (χ4n) is 3.24. The van der Waals surface area contributed by atoms with Crippen molar-refractivity contribution in [3.8, 4) is 0 Å². The third kappa shape index (κ3) is 8.86. The normalized spacial score (nSPS) is 13.1. The third-order valence-electron chi connectivity index (χ3n) is 4.67. The third-order valence-corrected chi connectivity index (χ3v) is 4.67. The Kier molecular flexibility index (Phi) is 11.2. The molecule has 0 radical (unpaired) electrons. The molecule has 8 heteroatoms. The Morgan fingerprint density at radius 2 is 1.84 bits per heavy atom. The zero-order chi connectivity index (χ0) is 24.3. The van der Waals surface area contributed by atoms with Gasteiger partial charge < -0.3 is 25.4 Å². The van der Waals surface area contributed by atoms with Crippen molar-refractivity contribution in [1.29, 1.82) is 0 Å². The number of nitrogens with zero attached hydrogens (tertiary/aromatic N) is 1. The predicted octanol–water partition coefficient (Wildman–Crippen LogP) is 3.08. The first-order valence-electron chi connectivity index (χ1n) is 11.3. The van der Waals surface area contributed by atoms with E-state index in [0.717, 1.165) is 18.4 Å². The minimum Gasteiger partial charge on any atom is -0.444 e. The van der Waals surface area contributed by atoms with Crippen molar-refractivity contribution in [2.75, 3.05) is 19.7 Å². The van der Waals surface area contributed by atoms with Gasteiger partial charge in [0.2, 0.25) is 11.8 Å². The van der Waals surface area contributed by atoms with Crippen molar-refractivity contribution >= 4 is 17.9 Å². The molecule has 2 atom stereocenters. The smallest absolute Gasteiger partial charge is 0.408 e. The molecule has 3 amide bonds. The van der Waals surface area contributed by atoms with E-state index in [1.165, 1.54) is 4.90 Å². The average molecular weight is 450 g/mol. The molecule has 0 saturated heterocycles. The Bertz CT molecular complexity index is 760. The number of aryl methyl sites for hydroxylation is 1. The highest BCUT2D eigenvalue weighted by Crippen LogP contribution is 2.24. The van der Waals surface area contributed by atoms with Gasteiger partial charge >= 0.3 is 6.09 Å². The van der Waals surface area contributed by atoms with Gasteiger partial charge in [0, 0.05) is 13.1 Å². The van der Waals surface area contributed by atoms with E-state index < -0.39 is 36.3 Å². The molecule has 0 heterocycles. The Labute approximate surface area is 191 Å². The molecule has 0 aliphatic heterocycles. The Balaban J connectivity index is 3.25. The predicted molar refractivity (Wildman–Crippen MR) is 124 cm³/mol. The van der Waals surface area contributed by atoms with Crippen molar-refractivity contribution in [3.63, 3.8) is 0 Å². The lowest BCUT2D eigenvalue weighted by atomic mass is 10.0. The van der Waals surface area contributed by atoms with E-state index in [-0.39, 0.29) is 12.5 Å². The van der Waals surface area contributed by atoms with Gasteiger partial charge in [-0.3, -0.25) is 9.59 Å². The van der Waals surface area contributed by atoms with Crippen molar-refractivity contribution in [3.05, 3.63) is 35.4 Å². The van der Waals surface area contributed by atoms with Gasteiger partial charge in [-0.15, -0.1) is 0 Å². The molecule has 1 aromatic carbocycles. The van der Waals surface area contributed by atoms with Gasteiger partial charge in [0.05, 0.1) is 6.61 Å². The number of ether oxygens (including phenoxy) is 1. The van der Waals surface area contributed by atoms with Crippen LogP contribution >= 0.6 is 0 Å². The number of nitrogens with one attached hydrogen (secondary N) is 2. The molecular weight excluding hydrogens is 410 g/mol. The largest absolute Gasteiger partial charge is 0.444 e. The molecular formula is C24H39N3O5. The minimum atomic E-state index is -1.23. The second kappa shape index (κ2) is 13.1. The molecule has 0 saturated carbocycles. The lowest BCUT2D eigenvalue weighted by Crippen LogP contribution is -2.54. The molecule has 32 heavy (non-hydrogen) atoms. The summed E-state index contributed by atoms with van der Waals surface area (Å²) in [5, 5.41) is 15.2. The number of carbonyl (C=O) groups is 3. The van der Waals surface area contributed by atoms with Crippen LogP contribution in [0.25, 0.3) is 0 Å². The van der Waals surface area contributed by atoms with Crippen LogP contribution in [-0.4, -0.2) is 59.3 Å². The quantitative estimate of drug-likeness (QED) is 0.450. The SMILES string of the molecule is CCCCNC(=O)C(c1cccc(C)c1)N(CCC)C(=O)C(CO)NC(=O)OC(C)(C)C. The number of hydrogen-bond donors (Lipinski definition) is 3. The number of rotatable bonds is 11. The molecule has 0 fully saturated rings. The molecule has 8 nitrogen and oxygen atoms in total. The Morgan fingerprint density at radius 1 is 1.16 bits per heavy atom. The van der Waals surface area contributed by atoms with Gasteiger partial charge in [0.1, 0.15) is 17.7 Å². The van der Waals surface area contributed by atoms with Crippen LogP contribution in [0, 0.1) is 6.92 Å². The van der Waals surface area contributed by atoms with Gasteiger partial charge in [-0.05, 0) is 46.1 Å². The van der Waals surface area contributed by atoms with E-state index in [2.05, 4.69) is 10.6 Å². The van der Waals surface area contributed by atoms with Crippen LogP contribution < -0.4 is 10.6 Å². The first-order valence-corrected chi connectivity index (χ1v) is 11.3. The number of hydrogen-bond acceptors (Lipinski definition) is 5. The highest BCUT2D eigenvalue weighted by Gasteiger charge is 2.35. The molecule has 0 aliphatic carbocycles. The lowest BCUT2D eigenvalue weighted by Gasteiger charge is -2.34. The van der Waals surface area contributed by atoms with E-state index in [4.69, 9.17) is 4.74 Å². The summed E-state index contributed by atoms with van der Waals surface area (Å²) in [7, 11) is 0. The van der Waals surface area contributed by atoms with Crippen molar-refractivity contribution in [2.45, 2.75) is 78.5 Å². The maximum atomic E-state index is 13.4. The molecule has 0 aromatic heterocycles. The summed E-state index contributed by atoms with van der Waals surface area (Å²) >= 11 is 0. The van der Waals surface area contributed by atoms with E-state index >= 15 is 0 Å². The number of carbonyl (C=O) groups excluding carboxylic acids is 3. The Hall–Kier alpha value is -2.61. The summed E-state index contributed by atoms with van der Waals surface area (Å²) in [6, 6.07) is 5.33. The van der Waals surface area contributed by atoms with Gasteiger partial charge in [-0.25, -0.2) is 4.79 Å². The summed E-state index contributed by atoms with van der Waals surface area (Å²) in [6.45, 7) is 11.2. The monoisotopic (exact) mass is 449 g/mol. The summed E-state index contributed by atoms with van der Waals surface area (Å²) in [4.78, 5) is 40.2. The fraction of sp³-hybridized carbons (Fsp3) is 0.625. The second-order valence-corrected chi connectivity index (χ2v) is 8.87. The second-order valence-electron chi connectivity index (χ2n) is 8.87. The maximum Gasteiger partial charge on any atom is 0.408 e. The van der Waals surface area contributed by atoms with Crippen LogP contribution in [0.5, 0.6) is 0 Å². The van der Waals surface area contributed by atoms with Crippen LogP contribution in [0.4, 0.5) is 4.79 Å². The van der Waals surface area contributed by atoms with Gasteiger partial charge in [0.25, 0.3) is 0 Å². The molecule has 0 aliphatic rings. The standard InChI is InChI=1S/C24H39N3O5/c1-7-9-13-25-21(29)20(18-12-10-11-17(3)15-18)27(14-8-2)22(30)19(16-28)26-23(31)32-24(4,5)6/h10-12,15,19-20,28H,7-9,13-14,16H2,1-6H3,(H,25,29)(H,26,31). The van der Waals surface area contributed by atoms with Crippen LogP contribution in [-0.2, 0) is 14.3 Å². The topological polar surface area (TPSA) is 108 Å². The van der Waals surface area contributed by atoms with E-state index in [9.17, 15) is 19.5 Å². The number of aliphatic hydroxyl groups excluding tert-OH is 1. The van der Waals surface area contributed by atoms with Crippen LogP contribution in [0.1, 0.15) is 71.0 Å². The van der Waals surface area contributed by atoms with E-state index in [0.29, 0.717) is 18.5 Å².